The number of fused-ring (bicyclic) bond motifs is 1. The number of dihydropyridines is 1. The molecule has 2 rings (SSSR count). The zero-order valence-corrected chi connectivity index (χ0v) is 3.31. The predicted octanol–water partition coefficient (Wildman–Crippen LogP) is 0.933. The summed E-state index contributed by atoms with van der Waals surface area (Å²) in [7, 11) is 0. The zero-order chi connectivity index (χ0) is 3.98. The summed E-state index contributed by atoms with van der Waals surface area (Å²) in [6.07, 6.45) is 3.20. The molecule has 0 spiro atoms. The van der Waals surface area contributed by atoms with Crippen molar-refractivity contribution in [3.63, 3.8) is 0 Å². The molecule has 0 atom stereocenters. The summed E-state index contributed by atoms with van der Waals surface area (Å²) in [5, 5.41) is 0. The molecule has 2 aliphatic rings. The van der Waals surface area contributed by atoms with Gasteiger partial charge in [-0.1, -0.05) is 0 Å². The standard InChI is InChI=1S/C5H4N/c1-2-6-5-3-4(1)5/h2-3H,1H2. The van der Waals surface area contributed by atoms with Crippen molar-refractivity contribution in [3.8, 4) is 0 Å². The molecule has 1 aliphatic carbocycles. The highest BCUT2D eigenvalue weighted by Crippen LogP contribution is 2.27. The topological polar surface area (TPSA) is 12.4 Å². The lowest BCUT2D eigenvalue weighted by molar-refractivity contribution is 1.20. The van der Waals surface area contributed by atoms with Gasteiger partial charge in [-0.25, -0.2) is 0 Å². The zero-order valence-electron chi connectivity index (χ0n) is 3.31. The second-order valence-corrected chi connectivity index (χ2v) is 1.57. The third-order valence-corrected chi connectivity index (χ3v) is 1.10. The average Bonchev–Trinajstić information content (AvgIpc) is 2.17. The molecule has 1 radical (unpaired) electrons. The number of allylic oxidation sites excluding steroid dienone is 1. The van der Waals surface area contributed by atoms with Crippen LogP contribution in [-0.4, -0.2) is 5.71 Å². The van der Waals surface area contributed by atoms with E-state index in [1.807, 2.05) is 6.54 Å². The fourth-order valence-electron chi connectivity index (χ4n) is 0.655. The number of aliphatic imine (C=N–C) groups is 1. The van der Waals surface area contributed by atoms with Gasteiger partial charge in [0, 0.05) is 0 Å². The Morgan fingerprint density at radius 1 is 1.67 bits per heavy atom. The molecule has 0 fully saturated rings. The molecule has 0 unspecified atom stereocenters. The van der Waals surface area contributed by atoms with Crippen molar-refractivity contribution in [2.75, 3.05) is 0 Å². The number of hydrogen-bond donors (Lipinski definition) is 0. The number of nitrogens with zero attached hydrogens (tertiary/aromatic N) is 1. The van der Waals surface area contributed by atoms with Gasteiger partial charge in [-0.2, -0.15) is 0 Å². The van der Waals surface area contributed by atoms with Gasteiger partial charge in [0.25, 0.3) is 0 Å². The summed E-state index contributed by atoms with van der Waals surface area (Å²) in [4.78, 5) is 4.01. The van der Waals surface area contributed by atoms with E-state index in [1.54, 1.807) is 0 Å². The summed E-state index contributed by atoms with van der Waals surface area (Å²) in [6.45, 7) is 1.95. The van der Waals surface area contributed by atoms with Crippen molar-refractivity contribution in [2.45, 2.75) is 6.42 Å². The molecule has 0 saturated heterocycles. The number of rotatable bonds is 0. The van der Waals surface area contributed by atoms with Crippen molar-refractivity contribution >= 4 is 5.71 Å². The first-order valence-corrected chi connectivity index (χ1v) is 2.07. The SMILES string of the molecule is [CH]1CC2=CC2=N1. The van der Waals surface area contributed by atoms with Crippen LogP contribution in [0.5, 0.6) is 0 Å². The van der Waals surface area contributed by atoms with Crippen LogP contribution in [0.1, 0.15) is 6.42 Å². The van der Waals surface area contributed by atoms with E-state index >= 15 is 0 Å². The maximum Gasteiger partial charge on any atom is 0.0774 e. The highest BCUT2D eigenvalue weighted by atomic mass is 14.8. The molecule has 0 N–H and O–H groups in total. The second-order valence-electron chi connectivity index (χ2n) is 1.57. The van der Waals surface area contributed by atoms with E-state index in [0.717, 1.165) is 6.42 Å². The van der Waals surface area contributed by atoms with Crippen LogP contribution in [0.25, 0.3) is 0 Å². The summed E-state index contributed by atoms with van der Waals surface area (Å²) < 4.78 is 0. The maximum absolute atomic E-state index is 4.01. The Hall–Kier alpha value is -0.590. The molecule has 1 aliphatic heterocycles. The quantitative estimate of drug-likeness (QED) is 0.408. The molecular weight excluding hydrogens is 74.1 g/mol. The lowest BCUT2D eigenvalue weighted by Gasteiger charge is -1.69. The van der Waals surface area contributed by atoms with Gasteiger partial charge in [-0.05, 0) is 18.1 Å². The molecule has 1 heterocycles. The first kappa shape index (κ1) is 2.56. The van der Waals surface area contributed by atoms with Gasteiger partial charge in [0.05, 0.1) is 12.3 Å². The van der Waals surface area contributed by atoms with Gasteiger partial charge in [0.2, 0.25) is 0 Å². The Balaban J connectivity index is 2.46. The van der Waals surface area contributed by atoms with Crippen LogP contribution >= 0.6 is 0 Å². The lowest BCUT2D eigenvalue weighted by Crippen LogP contribution is -1.56. The molecule has 0 aromatic carbocycles. The summed E-state index contributed by atoms with van der Waals surface area (Å²) in [5.74, 6) is 0. The fraction of sp³-hybridized carbons (Fsp3) is 0.200. The van der Waals surface area contributed by atoms with Crippen LogP contribution in [0.15, 0.2) is 16.6 Å². The van der Waals surface area contributed by atoms with E-state index in [-0.39, 0.29) is 0 Å². The van der Waals surface area contributed by atoms with Gasteiger partial charge in [0.1, 0.15) is 0 Å². The Bertz CT molecular complexity index is 139. The van der Waals surface area contributed by atoms with Crippen LogP contribution in [0.3, 0.4) is 0 Å². The Labute approximate surface area is 36.4 Å². The second kappa shape index (κ2) is 0.579. The molecule has 6 heavy (non-hydrogen) atoms. The minimum atomic E-state index is 1.09. The normalized spacial score (nSPS) is 25.3. The van der Waals surface area contributed by atoms with Crippen LogP contribution in [0, 0.1) is 6.54 Å². The van der Waals surface area contributed by atoms with Crippen molar-refractivity contribution < 1.29 is 0 Å². The first-order chi connectivity index (χ1) is 2.97. The third kappa shape index (κ3) is 0.152. The van der Waals surface area contributed by atoms with Crippen LogP contribution in [0.2, 0.25) is 0 Å². The van der Waals surface area contributed by atoms with Gasteiger partial charge in [-0.15, -0.1) is 0 Å². The third-order valence-electron chi connectivity index (χ3n) is 1.10. The summed E-state index contributed by atoms with van der Waals surface area (Å²) in [5.41, 5.74) is 2.67. The van der Waals surface area contributed by atoms with E-state index in [2.05, 4.69) is 11.1 Å². The van der Waals surface area contributed by atoms with Crippen molar-refractivity contribution in [3.05, 3.63) is 18.2 Å². The van der Waals surface area contributed by atoms with Crippen molar-refractivity contribution in [2.24, 2.45) is 4.99 Å². The monoisotopic (exact) mass is 78.0 g/mol. The minimum Gasteiger partial charge on any atom is -0.279 e. The Kier molecular flexibility index (Phi) is 0.247. The van der Waals surface area contributed by atoms with Crippen LogP contribution in [-0.2, 0) is 0 Å². The smallest absolute Gasteiger partial charge is 0.0774 e. The molecule has 0 saturated carbocycles. The fourth-order valence-corrected chi connectivity index (χ4v) is 0.655. The molecule has 29 valence electrons. The van der Waals surface area contributed by atoms with Gasteiger partial charge in [-0.3, -0.25) is 4.99 Å². The minimum absolute atomic E-state index is 1.09. The summed E-state index contributed by atoms with van der Waals surface area (Å²) >= 11 is 0. The van der Waals surface area contributed by atoms with Crippen molar-refractivity contribution in [1.82, 2.24) is 0 Å². The average molecular weight is 78.1 g/mol. The lowest BCUT2D eigenvalue weighted by atomic mass is 10.4. The Morgan fingerprint density at radius 2 is 2.67 bits per heavy atom. The molecule has 1 nitrogen and oxygen atoms in total. The highest BCUT2D eigenvalue weighted by Gasteiger charge is 2.21. The molecule has 0 bridgehead atoms. The van der Waals surface area contributed by atoms with Gasteiger partial charge >= 0.3 is 0 Å². The molecule has 0 aromatic rings. The maximum atomic E-state index is 4.01. The molecule has 0 amide bonds. The van der Waals surface area contributed by atoms with Crippen molar-refractivity contribution in [1.29, 1.82) is 0 Å². The van der Waals surface area contributed by atoms with Gasteiger partial charge in [0.15, 0.2) is 0 Å². The van der Waals surface area contributed by atoms with Crippen LogP contribution < -0.4 is 0 Å². The number of hydrogen-bond acceptors (Lipinski definition) is 1. The summed E-state index contributed by atoms with van der Waals surface area (Å²) in [6, 6.07) is 0. The molecular formula is C5H4N. The van der Waals surface area contributed by atoms with E-state index in [0.29, 0.717) is 0 Å². The largest absolute Gasteiger partial charge is 0.279 e. The Morgan fingerprint density at radius 3 is 2.83 bits per heavy atom. The highest BCUT2D eigenvalue weighted by molar-refractivity contribution is 6.25. The predicted molar refractivity (Wildman–Crippen MR) is 24.4 cm³/mol. The van der Waals surface area contributed by atoms with E-state index in [9.17, 15) is 0 Å². The van der Waals surface area contributed by atoms with E-state index < -0.39 is 0 Å². The van der Waals surface area contributed by atoms with E-state index in [1.165, 1.54) is 11.3 Å². The van der Waals surface area contributed by atoms with E-state index in [4.69, 9.17) is 0 Å². The first-order valence-electron chi connectivity index (χ1n) is 2.07. The van der Waals surface area contributed by atoms with Crippen LogP contribution in [0.4, 0.5) is 0 Å². The van der Waals surface area contributed by atoms with Gasteiger partial charge < -0.3 is 0 Å². The molecule has 1 heteroatoms. The molecule has 0 aromatic heterocycles.